The van der Waals surface area contributed by atoms with Crippen molar-refractivity contribution >= 4 is 39.8 Å². The molecule has 0 saturated heterocycles. The average Bonchev–Trinajstić information content (AvgIpc) is 2.80. The third kappa shape index (κ3) is 4.84. The molecule has 162 valence electrons. The number of aryl methyl sites for hydroxylation is 1. The van der Waals surface area contributed by atoms with Crippen molar-refractivity contribution in [3.63, 3.8) is 0 Å². The van der Waals surface area contributed by atoms with E-state index in [-0.39, 0.29) is 0 Å². The molecule has 1 N–H and O–H groups in total. The van der Waals surface area contributed by atoms with Crippen LogP contribution in [0.25, 0.3) is 10.9 Å². The van der Waals surface area contributed by atoms with Crippen molar-refractivity contribution in [3.8, 4) is 5.75 Å². The highest BCUT2D eigenvalue weighted by molar-refractivity contribution is 6.31. The van der Waals surface area contributed by atoms with Gasteiger partial charge in [0.2, 0.25) is 0 Å². The summed E-state index contributed by atoms with van der Waals surface area (Å²) < 4.78 is 11.1. The van der Waals surface area contributed by atoms with E-state index < -0.39 is 5.97 Å². The number of pyridine rings is 1. The van der Waals surface area contributed by atoms with Crippen LogP contribution < -0.4 is 10.1 Å². The Morgan fingerprint density at radius 1 is 1.06 bits per heavy atom. The molecule has 4 rings (SSSR count). The third-order valence-corrected chi connectivity index (χ3v) is 5.36. The molecule has 0 radical (unpaired) electrons. The summed E-state index contributed by atoms with van der Waals surface area (Å²) in [5, 5.41) is 4.91. The Labute approximate surface area is 192 Å². The predicted octanol–water partition coefficient (Wildman–Crippen LogP) is 6.70. The Hall–Kier alpha value is -3.57. The first-order chi connectivity index (χ1) is 15.5. The zero-order chi connectivity index (χ0) is 22.5. The van der Waals surface area contributed by atoms with Crippen molar-refractivity contribution in [1.82, 2.24) is 4.98 Å². The van der Waals surface area contributed by atoms with E-state index >= 15 is 0 Å². The fraction of sp³-hybridized carbons (Fsp3) is 0.154. The zero-order valence-corrected chi connectivity index (χ0v) is 18.6. The second-order valence-electron chi connectivity index (χ2n) is 7.32. The lowest BCUT2D eigenvalue weighted by molar-refractivity contribution is 0.0527. The van der Waals surface area contributed by atoms with Gasteiger partial charge in [-0.3, -0.25) is 4.98 Å². The SMILES string of the molecule is CCOC(=O)c1cnc2ccc(C)cc2c1Nc1ccc(OCc2ccccc2Cl)cc1. The normalized spacial score (nSPS) is 10.7. The molecule has 6 heteroatoms. The summed E-state index contributed by atoms with van der Waals surface area (Å²) in [6.45, 7) is 4.46. The summed E-state index contributed by atoms with van der Waals surface area (Å²) in [5.74, 6) is 0.308. The maximum absolute atomic E-state index is 12.6. The fourth-order valence-corrected chi connectivity index (χ4v) is 3.55. The molecule has 0 aliphatic rings. The number of nitrogens with zero attached hydrogens (tertiary/aromatic N) is 1. The minimum atomic E-state index is -0.411. The van der Waals surface area contributed by atoms with Crippen LogP contribution in [0.3, 0.4) is 0 Å². The Kier molecular flexibility index (Phi) is 6.57. The van der Waals surface area contributed by atoms with Gasteiger partial charge < -0.3 is 14.8 Å². The summed E-state index contributed by atoms with van der Waals surface area (Å²) in [6.07, 6.45) is 1.55. The lowest BCUT2D eigenvalue weighted by Crippen LogP contribution is -2.09. The molecular formula is C26H23ClN2O3. The van der Waals surface area contributed by atoms with Crippen LogP contribution >= 0.6 is 11.6 Å². The molecule has 0 aliphatic carbocycles. The van der Waals surface area contributed by atoms with Crippen molar-refractivity contribution < 1.29 is 14.3 Å². The van der Waals surface area contributed by atoms with Crippen molar-refractivity contribution in [2.24, 2.45) is 0 Å². The van der Waals surface area contributed by atoms with Crippen LogP contribution in [0.5, 0.6) is 5.75 Å². The van der Waals surface area contributed by atoms with Gasteiger partial charge in [-0.25, -0.2) is 4.79 Å². The molecule has 0 spiro atoms. The first-order valence-corrected chi connectivity index (χ1v) is 10.7. The van der Waals surface area contributed by atoms with Gasteiger partial charge in [-0.15, -0.1) is 0 Å². The maximum Gasteiger partial charge on any atom is 0.341 e. The Balaban J connectivity index is 1.59. The summed E-state index contributed by atoms with van der Waals surface area (Å²) in [4.78, 5) is 17.0. The van der Waals surface area contributed by atoms with Gasteiger partial charge >= 0.3 is 5.97 Å². The van der Waals surface area contributed by atoms with E-state index in [2.05, 4.69) is 10.3 Å². The number of anilines is 2. The summed E-state index contributed by atoms with van der Waals surface area (Å²) in [5.41, 5.74) is 4.67. The number of hydrogen-bond donors (Lipinski definition) is 1. The number of nitrogens with one attached hydrogen (secondary N) is 1. The molecule has 3 aromatic carbocycles. The van der Waals surface area contributed by atoms with Crippen molar-refractivity contribution in [2.75, 3.05) is 11.9 Å². The number of fused-ring (bicyclic) bond motifs is 1. The number of rotatable bonds is 7. The first kappa shape index (κ1) is 21.7. The van der Waals surface area contributed by atoms with Crippen LogP contribution in [0.15, 0.2) is 72.9 Å². The number of benzene rings is 3. The Morgan fingerprint density at radius 2 is 1.84 bits per heavy atom. The summed E-state index contributed by atoms with van der Waals surface area (Å²) >= 11 is 6.19. The van der Waals surface area contributed by atoms with Crippen molar-refractivity contribution in [1.29, 1.82) is 0 Å². The average molecular weight is 447 g/mol. The smallest absolute Gasteiger partial charge is 0.341 e. The van der Waals surface area contributed by atoms with E-state index in [4.69, 9.17) is 21.1 Å². The number of ether oxygens (including phenoxy) is 2. The number of halogens is 1. The van der Waals surface area contributed by atoms with Gasteiger partial charge in [-0.1, -0.05) is 41.4 Å². The molecule has 1 aromatic heterocycles. The second-order valence-corrected chi connectivity index (χ2v) is 7.72. The molecule has 0 bridgehead atoms. The van der Waals surface area contributed by atoms with Gasteiger partial charge in [-0.05, 0) is 56.3 Å². The van der Waals surface area contributed by atoms with Crippen LogP contribution in [-0.4, -0.2) is 17.6 Å². The fourth-order valence-electron chi connectivity index (χ4n) is 3.36. The van der Waals surface area contributed by atoms with Gasteiger partial charge in [0.25, 0.3) is 0 Å². The highest BCUT2D eigenvalue weighted by atomic mass is 35.5. The van der Waals surface area contributed by atoms with Crippen molar-refractivity contribution in [3.05, 3.63) is 94.6 Å². The Morgan fingerprint density at radius 3 is 2.59 bits per heavy atom. The highest BCUT2D eigenvalue weighted by Crippen LogP contribution is 2.31. The van der Waals surface area contributed by atoms with Gasteiger partial charge in [0.15, 0.2) is 0 Å². The number of aromatic nitrogens is 1. The van der Waals surface area contributed by atoms with Crippen LogP contribution in [-0.2, 0) is 11.3 Å². The maximum atomic E-state index is 12.6. The summed E-state index contributed by atoms with van der Waals surface area (Å²) in [6, 6.07) is 21.1. The number of hydrogen-bond acceptors (Lipinski definition) is 5. The van der Waals surface area contributed by atoms with Gasteiger partial charge in [0.1, 0.15) is 17.9 Å². The first-order valence-electron chi connectivity index (χ1n) is 10.3. The minimum absolute atomic E-state index is 0.293. The minimum Gasteiger partial charge on any atom is -0.489 e. The molecule has 1 heterocycles. The van der Waals surface area contributed by atoms with Crippen LogP contribution in [0.4, 0.5) is 11.4 Å². The number of carbonyl (C=O) groups excluding carboxylic acids is 1. The second kappa shape index (κ2) is 9.71. The number of esters is 1. The standard InChI is InChI=1S/C26H23ClN2O3/c1-3-31-26(30)22-15-28-24-13-8-17(2)14-21(24)25(22)29-19-9-11-20(12-10-19)32-16-18-6-4-5-7-23(18)27/h4-15H,3,16H2,1-2H3,(H,28,29). The van der Waals surface area contributed by atoms with E-state index in [0.717, 1.165) is 33.5 Å². The lowest BCUT2D eigenvalue weighted by atomic mass is 10.1. The molecule has 4 aromatic rings. The van der Waals surface area contributed by atoms with E-state index in [1.165, 1.54) is 0 Å². The van der Waals surface area contributed by atoms with E-state index in [9.17, 15) is 4.79 Å². The van der Waals surface area contributed by atoms with Crippen LogP contribution in [0.2, 0.25) is 5.02 Å². The van der Waals surface area contributed by atoms with E-state index in [1.807, 2.05) is 73.7 Å². The Bertz CT molecular complexity index is 1260. The molecule has 0 fully saturated rings. The molecule has 5 nitrogen and oxygen atoms in total. The molecule has 32 heavy (non-hydrogen) atoms. The number of carbonyl (C=O) groups is 1. The topological polar surface area (TPSA) is 60.5 Å². The van der Waals surface area contributed by atoms with Gasteiger partial charge in [0, 0.05) is 27.9 Å². The van der Waals surface area contributed by atoms with Crippen LogP contribution in [0.1, 0.15) is 28.4 Å². The molecule has 0 amide bonds. The van der Waals surface area contributed by atoms with Crippen molar-refractivity contribution in [2.45, 2.75) is 20.5 Å². The summed E-state index contributed by atoms with van der Waals surface area (Å²) in [7, 11) is 0. The van der Waals surface area contributed by atoms with Crippen LogP contribution in [0, 0.1) is 6.92 Å². The quantitative estimate of drug-likeness (QED) is 0.320. The molecule has 0 saturated carbocycles. The third-order valence-electron chi connectivity index (χ3n) is 4.99. The van der Waals surface area contributed by atoms with Gasteiger partial charge in [-0.2, -0.15) is 0 Å². The molecular weight excluding hydrogens is 424 g/mol. The largest absolute Gasteiger partial charge is 0.489 e. The predicted molar refractivity (Wildman–Crippen MR) is 128 cm³/mol. The lowest BCUT2D eigenvalue weighted by Gasteiger charge is -2.15. The monoisotopic (exact) mass is 446 g/mol. The van der Waals surface area contributed by atoms with E-state index in [1.54, 1.807) is 13.1 Å². The zero-order valence-electron chi connectivity index (χ0n) is 17.9. The molecule has 0 unspecified atom stereocenters. The highest BCUT2D eigenvalue weighted by Gasteiger charge is 2.17. The van der Waals surface area contributed by atoms with E-state index in [0.29, 0.717) is 29.5 Å². The molecule has 0 aliphatic heterocycles. The molecule has 0 atom stereocenters. The van der Waals surface area contributed by atoms with Gasteiger partial charge in [0.05, 0.1) is 17.8 Å².